The monoisotopic (exact) mass is 404 g/mol. The van der Waals surface area contributed by atoms with Crippen molar-refractivity contribution in [1.29, 1.82) is 0 Å². The Morgan fingerprint density at radius 1 is 1.16 bits per heavy atom. The lowest BCUT2D eigenvalue weighted by molar-refractivity contribution is -0.135. The van der Waals surface area contributed by atoms with Crippen molar-refractivity contribution in [3.05, 3.63) is 58.1 Å². The van der Waals surface area contributed by atoms with Gasteiger partial charge < -0.3 is 14.2 Å². The first-order valence-electron chi connectivity index (χ1n) is 7.57. The molecule has 0 N–H and O–H groups in total. The minimum absolute atomic E-state index is 0.213. The van der Waals surface area contributed by atoms with Gasteiger partial charge in [-0.1, -0.05) is 30.3 Å². The van der Waals surface area contributed by atoms with Crippen LogP contribution in [0, 0.1) is 0 Å². The molecule has 6 nitrogen and oxygen atoms in total. The number of carbonyl (C=O) groups excluding carboxylic acids is 1. The number of hydrogen-bond donors (Lipinski definition) is 0. The lowest BCUT2D eigenvalue weighted by Crippen LogP contribution is -2.25. The van der Waals surface area contributed by atoms with Crippen LogP contribution in [0.4, 0.5) is 0 Å². The van der Waals surface area contributed by atoms with Crippen molar-refractivity contribution in [3.63, 3.8) is 0 Å². The number of carbonyl (C=O) groups is 1. The van der Waals surface area contributed by atoms with E-state index >= 15 is 0 Å². The Balaban J connectivity index is 2.02. The maximum Gasteiger partial charge on any atom is 0.244 e. The first kappa shape index (κ1) is 17.3. The predicted octanol–water partition coefficient (Wildman–Crippen LogP) is 3.71. The highest BCUT2D eigenvalue weighted by Crippen LogP contribution is 2.37. The Morgan fingerprint density at radius 3 is 2.44 bits per heavy atom. The maximum atomic E-state index is 12.0. The van der Waals surface area contributed by atoms with Gasteiger partial charge >= 0.3 is 0 Å². The topological polar surface area (TPSA) is 60.4 Å². The molecule has 0 radical (unpaired) electrons. The lowest BCUT2D eigenvalue weighted by atomic mass is 10.1. The van der Waals surface area contributed by atoms with E-state index in [1.807, 2.05) is 30.3 Å². The smallest absolute Gasteiger partial charge is 0.244 e. The van der Waals surface area contributed by atoms with Gasteiger partial charge in [-0.3, -0.25) is 4.79 Å². The van der Waals surface area contributed by atoms with Crippen molar-refractivity contribution in [3.8, 4) is 11.5 Å². The summed E-state index contributed by atoms with van der Waals surface area (Å²) in [6, 6.07) is 13.0. The van der Waals surface area contributed by atoms with Crippen molar-refractivity contribution in [2.24, 2.45) is 5.10 Å². The van der Waals surface area contributed by atoms with Crippen LogP contribution >= 0.6 is 15.9 Å². The van der Waals surface area contributed by atoms with Crippen LogP contribution in [0.25, 0.3) is 0 Å². The number of amides is 1. The van der Waals surface area contributed by atoms with Crippen LogP contribution in [-0.2, 0) is 9.53 Å². The molecule has 3 rings (SSSR count). The molecule has 7 heteroatoms. The molecular formula is C18H17BrN2O4. The zero-order chi connectivity index (χ0) is 18.0. The molecule has 0 spiro atoms. The summed E-state index contributed by atoms with van der Waals surface area (Å²) in [7, 11) is 3.13. The Bertz CT molecular complexity index is 823. The number of rotatable bonds is 4. The van der Waals surface area contributed by atoms with Crippen molar-refractivity contribution in [2.75, 3.05) is 14.2 Å². The van der Waals surface area contributed by atoms with Gasteiger partial charge in [0.05, 0.1) is 24.3 Å². The van der Waals surface area contributed by atoms with E-state index in [-0.39, 0.29) is 5.91 Å². The van der Waals surface area contributed by atoms with Gasteiger partial charge in [0.25, 0.3) is 0 Å². The van der Waals surface area contributed by atoms with E-state index in [1.165, 1.54) is 11.9 Å². The van der Waals surface area contributed by atoms with E-state index in [2.05, 4.69) is 21.0 Å². The molecule has 1 atom stereocenters. The highest BCUT2D eigenvalue weighted by Gasteiger charge is 2.34. The molecule has 0 bridgehead atoms. The molecule has 0 fully saturated rings. The first-order valence-corrected chi connectivity index (χ1v) is 8.36. The molecule has 25 heavy (non-hydrogen) atoms. The average Bonchev–Trinajstić information content (AvgIpc) is 3.07. The molecule has 1 aliphatic rings. The molecule has 0 unspecified atom stereocenters. The quantitative estimate of drug-likeness (QED) is 0.779. The van der Waals surface area contributed by atoms with Gasteiger partial charge in [-0.05, 0) is 22.0 Å². The second kappa shape index (κ2) is 7.14. The highest BCUT2D eigenvalue weighted by molar-refractivity contribution is 9.10. The molecule has 0 aromatic heterocycles. The van der Waals surface area contributed by atoms with Gasteiger partial charge in [0, 0.05) is 18.6 Å². The number of hydrogen-bond acceptors (Lipinski definition) is 5. The van der Waals surface area contributed by atoms with Gasteiger partial charge in [-0.25, -0.2) is 0 Å². The summed E-state index contributed by atoms with van der Waals surface area (Å²) in [5.74, 6) is 1.26. The highest BCUT2D eigenvalue weighted by atomic mass is 79.9. The Morgan fingerprint density at radius 2 is 1.84 bits per heavy atom. The van der Waals surface area contributed by atoms with Crippen molar-refractivity contribution in [2.45, 2.75) is 13.2 Å². The van der Waals surface area contributed by atoms with Crippen molar-refractivity contribution >= 4 is 27.7 Å². The molecule has 0 saturated carbocycles. The Kier molecular flexibility index (Phi) is 4.94. The van der Waals surface area contributed by atoms with Crippen molar-refractivity contribution < 1.29 is 19.0 Å². The van der Waals surface area contributed by atoms with Crippen LogP contribution in [0.1, 0.15) is 24.3 Å². The molecule has 2 aromatic rings. The Hall–Kier alpha value is -2.54. The summed E-state index contributed by atoms with van der Waals surface area (Å²) < 4.78 is 17.4. The van der Waals surface area contributed by atoms with Gasteiger partial charge in [-0.2, -0.15) is 5.01 Å². The molecule has 0 saturated heterocycles. The number of nitrogens with zero attached hydrogens (tertiary/aromatic N) is 2. The summed E-state index contributed by atoms with van der Waals surface area (Å²) in [5.41, 5.74) is 1.46. The summed E-state index contributed by atoms with van der Waals surface area (Å²) in [5, 5.41) is 5.68. The van der Waals surface area contributed by atoms with Gasteiger partial charge in [0.2, 0.25) is 18.0 Å². The second-order valence-electron chi connectivity index (χ2n) is 5.34. The first-order chi connectivity index (χ1) is 12.0. The fourth-order valence-electron chi connectivity index (χ4n) is 2.54. The molecule has 0 aliphatic carbocycles. The molecular weight excluding hydrogens is 388 g/mol. The van der Waals surface area contributed by atoms with E-state index in [1.54, 1.807) is 26.4 Å². The fraction of sp³-hybridized carbons (Fsp3) is 0.222. The SMILES string of the molecule is COc1cc(OC)c(C2=NN(C(C)=O)[C@@H](c3ccccc3)O2)cc1Br. The van der Waals surface area contributed by atoms with E-state index in [0.717, 1.165) is 10.0 Å². The zero-order valence-electron chi connectivity index (χ0n) is 14.0. The normalized spacial score (nSPS) is 16.2. The maximum absolute atomic E-state index is 12.0. The third kappa shape index (κ3) is 3.32. The minimum atomic E-state index is -0.612. The molecule has 1 amide bonds. The van der Waals surface area contributed by atoms with Crippen LogP contribution in [0.5, 0.6) is 11.5 Å². The minimum Gasteiger partial charge on any atom is -0.496 e. The average molecular weight is 405 g/mol. The van der Waals surface area contributed by atoms with E-state index in [4.69, 9.17) is 14.2 Å². The second-order valence-corrected chi connectivity index (χ2v) is 6.19. The van der Waals surface area contributed by atoms with Crippen LogP contribution in [-0.4, -0.2) is 31.0 Å². The predicted molar refractivity (Wildman–Crippen MR) is 96.6 cm³/mol. The van der Waals surface area contributed by atoms with Crippen LogP contribution in [0.2, 0.25) is 0 Å². The van der Waals surface area contributed by atoms with Gasteiger partial charge in [0.15, 0.2) is 0 Å². The molecule has 2 aromatic carbocycles. The third-order valence-corrected chi connectivity index (χ3v) is 4.38. The molecule has 130 valence electrons. The van der Waals surface area contributed by atoms with Crippen LogP contribution in [0.3, 0.4) is 0 Å². The van der Waals surface area contributed by atoms with Gasteiger partial charge in [-0.15, -0.1) is 5.10 Å². The van der Waals surface area contributed by atoms with Crippen molar-refractivity contribution in [1.82, 2.24) is 5.01 Å². The molecule has 1 aliphatic heterocycles. The van der Waals surface area contributed by atoms with E-state index < -0.39 is 6.23 Å². The number of halogens is 1. The summed E-state index contributed by atoms with van der Waals surface area (Å²) in [4.78, 5) is 12.0. The van der Waals surface area contributed by atoms with E-state index in [9.17, 15) is 4.79 Å². The van der Waals surface area contributed by atoms with E-state index in [0.29, 0.717) is 23.0 Å². The van der Waals surface area contributed by atoms with Gasteiger partial charge in [0.1, 0.15) is 11.5 Å². The molecule has 1 heterocycles. The van der Waals surface area contributed by atoms with Crippen LogP contribution < -0.4 is 9.47 Å². The lowest BCUT2D eigenvalue weighted by Gasteiger charge is -2.19. The number of hydrazone groups is 1. The third-order valence-electron chi connectivity index (χ3n) is 3.76. The summed E-state index contributed by atoms with van der Waals surface area (Å²) >= 11 is 3.45. The van der Waals surface area contributed by atoms with Crippen LogP contribution in [0.15, 0.2) is 52.0 Å². The Labute approximate surface area is 154 Å². The largest absolute Gasteiger partial charge is 0.496 e. The zero-order valence-corrected chi connectivity index (χ0v) is 15.6. The fourth-order valence-corrected chi connectivity index (χ4v) is 3.04. The standard InChI is InChI=1S/C18H17BrN2O4/c1-11(22)21-18(12-7-5-4-6-8-12)25-17(20-21)13-9-14(19)16(24-3)10-15(13)23-2/h4-10,18H,1-3H3/t18-/m1/s1. The summed E-state index contributed by atoms with van der Waals surface area (Å²) in [6.07, 6.45) is -0.612. The number of ether oxygens (including phenoxy) is 3. The summed E-state index contributed by atoms with van der Waals surface area (Å²) in [6.45, 7) is 1.45. The number of methoxy groups -OCH3 is 2. The number of benzene rings is 2.